The number of hydrogen-bond donors (Lipinski definition) is 1. The number of aliphatic hydroxyl groups is 1. The molecule has 0 saturated heterocycles. The largest absolute Gasteiger partial charge is 1.00 e. The van der Waals surface area contributed by atoms with Crippen molar-refractivity contribution in [1.29, 1.82) is 0 Å². The standard InChI is InChI=1S/C18H24NO.HI/c1-19(2,3)14-17-12-8-7-11-16(17)13-18(20)15-9-5-4-6-10-15;/h4-12,18,20H,13-14H2,1-3H3;1H/q+1;/p-1. The molecule has 0 bridgehead atoms. The smallest absolute Gasteiger partial charge is 0.104 e. The van der Waals surface area contributed by atoms with Gasteiger partial charge in [0.2, 0.25) is 0 Å². The van der Waals surface area contributed by atoms with Crippen molar-refractivity contribution < 1.29 is 33.6 Å². The molecule has 0 aliphatic rings. The van der Waals surface area contributed by atoms with Crippen molar-refractivity contribution in [3.63, 3.8) is 0 Å². The van der Waals surface area contributed by atoms with Crippen LogP contribution in [0.2, 0.25) is 0 Å². The van der Waals surface area contributed by atoms with Crippen molar-refractivity contribution in [1.82, 2.24) is 0 Å². The lowest BCUT2D eigenvalue weighted by Crippen LogP contribution is -3.00. The zero-order chi connectivity index (χ0) is 14.6. The highest BCUT2D eigenvalue weighted by Crippen LogP contribution is 2.21. The van der Waals surface area contributed by atoms with Crippen LogP contribution in [0.15, 0.2) is 54.6 Å². The third-order valence-electron chi connectivity index (χ3n) is 3.36. The molecule has 2 nitrogen and oxygen atoms in total. The van der Waals surface area contributed by atoms with Crippen LogP contribution in [0, 0.1) is 0 Å². The quantitative estimate of drug-likeness (QED) is 0.564. The van der Waals surface area contributed by atoms with Crippen molar-refractivity contribution in [2.75, 3.05) is 21.1 Å². The normalized spacial score (nSPS) is 12.6. The van der Waals surface area contributed by atoms with Crippen LogP contribution in [0.25, 0.3) is 0 Å². The molecule has 0 amide bonds. The van der Waals surface area contributed by atoms with Crippen molar-refractivity contribution in [3.05, 3.63) is 71.3 Å². The molecule has 21 heavy (non-hydrogen) atoms. The highest BCUT2D eigenvalue weighted by atomic mass is 127. The Hall–Kier alpha value is -0.910. The van der Waals surface area contributed by atoms with Gasteiger partial charge in [0.15, 0.2) is 0 Å². The van der Waals surface area contributed by atoms with Crippen molar-refractivity contribution in [2.24, 2.45) is 0 Å². The van der Waals surface area contributed by atoms with E-state index in [4.69, 9.17) is 0 Å². The fraction of sp³-hybridized carbons (Fsp3) is 0.333. The van der Waals surface area contributed by atoms with Gasteiger partial charge in [-0.1, -0.05) is 54.6 Å². The summed E-state index contributed by atoms with van der Waals surface area (Å²) in [6.45, 7) is 0.970. The van der Waals surface area contributed by atoms with Crippen LogP contribution < -0.4 is 24.0 Å². The molecule has 0 heterocycles. The van der Waals surface area contributed by atoms with Crippen LogP contribution >= 0.6 is 0 Å². The van der Waals surface area contributed by atoms with Crippen LogP contribution in [0.4, 0.5) is 0 Å². The molecular weight excluding hydrogens is 373 g/mol. The number of benzene rings is 2. The van der Waals surface area contributed by atoms with E-state index in [-0.39, 0.29) is 24.0 Å². The van der Waals surface area contributed by atoms with Crippen molar-refractivity contribution in [3.8, 4) is 0 Å². The van der Waals surface area contributed by atoms with Crippen molar-refractivity contribution in [2.45, 2.75) is 19.1 Å². The summed E-state index contributed by atoms with van der Waals surface area (Å²) in [4.78, 5) is 0. The molecule has 2 aromatic carbocycles. The second-order valence-electron chi connectivity index (χ2n) is 6.35. The monoisotopic (exact) mass is 397 g/mol. The molecule has 3 heteroatoms. The summed E-state index contributed by atoms with van der Waals surface area (Å²) < 4.78 is 0.887. The lowest BCUT2D eigenvalue weighted by Gasteiger charge is -2.25. The average molecular weight is 397 g/mol. The molecule has 114 valence electrons. The van der Waals surface area contributed by atoms with Gasteiger partial charge in [0.05, 0.1) is 27.2 Å². The molecule has 1 unspecified atom stereocenters. The van der Waals surface area contributed by atoms with E-state index in [0.29, 0.717) is 6.42 Å². The van der Waals surface area contributed by atoms with E-state index < -0.39 is 6.10 Å². The summed E-state index contributed by atoms with van der Waals surface area (Å²) in [6.07, 6.45) is 0.227. The van der Waals surface area contributed by atoms with Gasteiger partial charge in [-0.2, -0.15) is 0 Å². The van der Waals surface area contributed by atoms with Crippen LogP contribution in [-0.4, -0.2) is 30.7 Å². The van der Waals surface area contributed by atoms with Crippen LogP contribution in [-0.2, 0) is 13.0 Å². The third kappa shape index (κ3) is 5.77. The molecule has 2 rings (SSSR count). The number of rotatable bonds is 5. The van der Waals surface area contributed by atoms with Gasteiger partial charge >= 0.3 is 0 Å². The van der Waals surface area contributed by atoms with E-state index in [2.05, 4.69) is 39.3 Å². The number of nitrogens with zero attached hydrogens (tertiary/aromatic N) is 1. The Labute approximate surface area is 145 Å². The molecule has 0 aromatic heterocycles. The highest BCUT2D eigenvalue weighted by molar-refractivity contribution is 5.29. The Kier molecular flexibility index (Phi) is 6.84. The van der Waals surface area contributed by atoms with Gasteiger partial charge in [-0.25, -0.2) is 0 Å². The third-order valence-corrected chi connectivity index (χ3v) is 3.36. The average Bonchev–Trinajstić information content (AvgIpc) is 2.40. The first-order valence-corrected chi connectivity index (χ1v) is 7.06. The molecule has 2 aromatic rings. The predicted octanol–water partition coefficient (Wildman–Crippen LogP) is 0.173. The van der Waals surface area contributed by atoms with Crippen LogP contribution in [0.3, 0.4) is 0 Å². The number of hydrogen-bond acceptors (Lipinski definition) is 1. The van der Waals surface area contributed by atoms with E-state index >= 15 is 0 Å². The van der Waals surface area contributed by atoms with Gasteiger partial charge in [0.25, 0.3) is 0 Å². The Balaban J connectivity index is 0.00000220. The first-order valence-electron chi connectivity index (χ1n) is 7.06. The molecule has 1 N–H and O–H groups in total. The van der Waals surface area contributed by atoms with E-state index in [1.165, 1.54) is 11.1 Å². The van der Waals surface area contributed by atoms with Crippen LogP contribution in [0.5, 0.6) is 0 Å². The summed E-state index contributed by atoms with van der Waals surface area (Å²) in [5, 5.41) is 10.4. The minimum atomic E-state index is -0.440. The Morgan fingerprint density at radius 1 is 0.857 bits per heavy atom. The van der Waals surface area contributed by atoms with Crippen LogP contribution in [0.1, 0.15) is 22.8 Å². The maximum Gasteiger partial charge on any atom is 0.104 e. The molecule has 0 aliphatic heterocycles. The summed E-state index contributed by atoms with van der Waals surface area (Å²) in [5.41, 5.74) is 3.53. The van der Waals surface area contributed by atoms with Crippen molar-refractivity contribution >= 4 is 0 Å². The fourth-order valence-electron chi connectivity index (χ4n) is 2.42. The molecule has 0 spiro atoms. The fourth-order valence-corrected chi connectivity index (χ4v) is 2.42. The van der Waals surface area contributed by atoms with Gasteiger partial charge in [-0.3, -0.25) is 0 Å². The lowest BCUT2D eigenvalue weighted by atomic mass is 9.97. The zero-order valence-electron chi connectivity index (χ0n) is 13.0. The SMILES string of the molecule is C[N+](C)(C)Cc1ccccc1CC(O)c1ccccc1.[I-]. The van der Waals surface area contributed by atoms with Gasteiger partial charge in [-0.05, 0) is 11.1 Å². The minimum Gasteiger partial charge on any atom is -1.00 e. The van der Waals surface area contributed by atoms with E-state index in [1.807, 2.05) is 36.4 Å². The second kappa shape index (κ2) is 7.92. The minimum absolute atomic E-state index is 0. The first-order chi connectivity index (χ1) is 9.46. The van der Waals surface area contributed by atoms with Gasteiger partial charge in [0.1, 0.15) is 6.54 Å². The zero-order valence-corrected chi connectivity index (χ0v) is 15.1. The number of quaternary nitrogens is 1. The molecule has 0 aliphatic carbocycles. The summed E-state index contributed by atoms with van der Waals surface area (Å²) in [5.74, 6) is 0. The number of halogens is 1. The molecular formula is C18H24INO. The second-order valence-corrected chi connectivity index (χ2v) is 6.35. The maximum absolute atomic E-state index is 10.4. The van der Waals surface area contributed by atoms with Gasteiger partial charge < -0.3 is 33.6 Å². The lowest BCUT2D eigenvalue weighted by molar-refractivity contribution is -0.884. The maximum atomic E-state index is 10.4. The molecule has 0 saturated carbocycles. The van der Waals surface area contributed by atoms with E-state index in [9.17, 15) is 5.11 Å². The summed E-state index contributed by atoms with van der Waals surface area (Å²) >= 11 is 0. The molecule has 0 fully saturated rings. The van der Waals surface area contributed by atoms with E-state index in [1.54, 1.807) is 0 Å². The molecule has 0 radical (unpaired) electrons. The Morgan fingerprint density at radius 2 is 1.38 bits per heavy atom. The predicted molar refractivity (Wildman–Crippen MR) is 83.3 cm³/mol. The first kappa shape index (κ1) is 18.1. The number of aliphatic hydroxyl groups excluding tert-OH is 1. The summed E-state index contributed by atoms with van der Waals surface area (Å²) in [6, 6.07) is 18.3. The summed E-state index contributed by atoms with van der Waals surface area (Å²) in [7, 11) is 6.55. The van der Waals surface area contributed by atoms with E-state index in [0.717, 1.165) is 16.6 Å². The molecule has 1 atom stereocenters. The Morgan fingerprint density at radius 3 is 1.95 bits per heavy atom. The Bertz CT molecular complexity index is 549. The van der Waals surface area contributed by atoms with Gasteiger partial charge in [-0.15, -0.1) is 0 Å². The topological polar surface area (TPSA) is 20.2 Å². The van der Waals surface area contributed by atoms with Gasteiger partial charge in [0, 0.05) is 12.0 Å². The highest BCUT2D eigenvalue weighted by Gasteiger charge is 2.15.